The Morgan fingerprint density at radius 3 is 2.37 bits per heavy atom. The maximum Gasteiger partial charge on any atom is 0.323 e. The number of carboxylic acid groups (broad SMARTS) is 1. The van der Waals surface area contributed by atoms with Crippen molar-refractivity contribution in [3.8, 4) is 5.75 Å². The fraction of sp³-hybridized carbons (Fsp3) is 0.533. The molecule has 4 nitrogen and oxygen atoms in total. The van der Waals surface area contributed by atoms with E-state index in [9.17, 15) is 9.90 Å². The van der Waals surface area contributed by atoms with Gasteiger partial charge < -0.3 is 15.2 Å². The van der Waals surface area contributed by atoms with Gasteiger partial charge in [0, 0.05) is 6.42 Å². The maximum absolute atomic E-state index is 11.2. The van der Waals surface area contributed by atoms with Crippen molar-refractivity contribution in [2.45, 2.75) is 39.7 Å². The Morgan fingerprint density at radius 2 is 1.89 bits per heavy atom. The molecule has 1 rings (SSSR count). The standard InChI is InChI=1S/C15H23NO3/c1-5-16-15(4,14(17)18)6-7-19-13-9-11(2)8-12(3)10-13/h8-10,16H,5-7H2,1-4H3,(H,17,18). The molecule has 0 amide bonds. The minimum atomic E-state index is -0.937. The zero-order valence-electron chi connectivity index (χ0n) is 12.1. The normalized spacial score (nSPS) is 13.9. The number of benzene rings is 1. The second-order valence-electron chi connectivity index (χ2n) is 5.09. The molecule has 0 heterocycles. The van der Waals surface area contributed by atoms with Crippen LogP contribution in [0.15, 0.2) is 18.2 Å². The summed E-state index contributed by atoms with van der Waals surface area (Å²) in [5, 5.41) is 12.2. The van der Waals surface area contributed by atoms with Crippen molar-refractivity contribution in [1.29, 1.82) is 0 Å². The zero-order chi connectivity index (χ0) is 14.5. The van der Waals surface area contributed by atoms with Crippen LogP contribution in [-0.4, -0.2) is 29.8 Å². The average molecular weight is 265 g/mol. The van der Waals surface area contributed by atoms with E-state index >= 15 is 0 Å². The van der Waals surface area contributed by atoms with Crippen LogP contribution >= 0.6 is 0 Å². The van der Waals surface area contributed by atoms with Crippen molar-refractivity contribution in [2.75, 3.05) is 13.2 Å². The minimum absolute atomic E-state index is 0.374. The van der Waals surface area contributed by atoms with Gasteiger partial charge >= 0.3 is 5.97 Å². The molecule has 0 aliphatic carbocycles. The van der Waals surface area contributed by atoms with Crippen molar-refractivity contribution in [3.63, 3.8) is 0 Å². The van der Waals surface area contributed by atoms with Gasteiger partial charge in [0.15, 0.2) is 0 Å². The van der Waals surface area contributed by atoms with Gasteiger partial charge in [0.25, 0.3) is 0 Å². The van der Waals surface area contributed by atoms with Gasteiger partial charge in [-0.1, -0.05) is 13.0 Å². The van der Waals surface area contributed by atoms with Crippen LogP contribution in [0.25, 0.3) is 0 Å². The van der Waals surface area contributed by atoms with E-state index in [4.69, 9.17) is 4.74 Å². The van der Waals surface area contributed by atoms with Crippen molar-refractivity contribution in [2.24, 2.45) is 0 Å². The number of hydrogen-bond acceptors (Lipinski definition) is 3. The molecule has 0 spiro atoms. The third-order valence-corrected chi connectivity index (χ3v) is 3.10. The summed E-state index contributed by atoms with van der Waals surface area (Å²) in [4.78, 5) is 11.2. The third-order valence-electron chi connectivity index (χ3n) is 3.10. The van der Waals surface area contributed by atoms with Crippen LogP contribution in [0.5, 0.6) is 5.75 Å². The summed E-state index contributed by atoms with van der Waals surface area (Å²) in [5.74, 6) is -0.0555. The number of hydrogen-bond donors (Lipinski definition) is 2. The zero-order valence-corrected chi connectivity index (χ0v) is 12.1. The number of nitrogens with one attached hydrogen (secondary N) is 1. The molecule has 0 aliphatic heterocycles. The maximum atomic E-state index is 11.2. The van der Waals surface area contributed by atoms with Crippen LogP contribution in [0.1, 0.15) is 31.4 Å². The summed E-state index contributed by atoms with van der Waals surface area (Å²) in [6, 6.07) is 5.99. The first kappa shape index (κ1) is 15.5. The molecule has 2 N–H and O–H groups in total. The highest BCUT2D eigenvalue weighted by molar-refractivity contribution is 5.78. The predicted molar refractivity (Wildman–Crippen MR) is 75.7 cm³/mol. The van der Waals surface area contributed by atoms with E-state index in [-0.39, 0.29) is 0 Å². The molecule has 1 aromatic rings. The summed E-state index contributed by atoms with van der Waals surface area (Å²) in [5.41, 5.74) is 1.35. The van der Waals surface area contributed by atoms with Crippen LogP contribution in [0.4, 0.5) is 0 Å². The molecule has 106 valence electrons. The Balaban J connectivity index is 2.59. The highest BCUT2D eigenvalue weighted by Gasteiger charge is 2.31. The lowest BCUT2D eigenvalue weighted by atomic mass is 9.98. The number of rotatable bonds is 7. The van der Waals surface area contributed by atoms with Gasteiger partial charge in [-0.05, 0) is 50.6 Å². The van der Waals surface area contributed by atoms with E-state index in [1.165, 1.54) is 0 Å². The largest absolute Gasteiger partial charge is 0.493 e. The lowest BCUT2D eigenvalue weighted by molar-refractivity contribution is -0.144. The fourth-order valence-corrected chi connectivity index (χ4v) is 2.05. The predicted octanol–water partition coefficient (Wildman–Crippen LogP) is 2.53. The smallest absolute Gasteiger partial charge is 0.323 e. The summed E-state index contributed by atoms with van der Waals surface area (Å²) < 4.78 is 5.66. The average Bonchev–Trinajstić information content (AvgIpc) is 2.27. The number of carboxylic acids is 1. The number of likely N-dealkylation sites (N-methyl/N-ethyl adjacent to an activating group) is 1. The van der Waals surface area contributed by atoms with Crippen molar-refractivity contribution >= 4 is 5.97 Å². The molecular formula is C15H23NO3. The molecular weight excluding hydrogens is 242 g/mol. The van der Waals surface area contributed by atoms with Gasteiger partial charge in [-0.2, -0.15) is 0 Å². The molecule has 0 saturated heterocycles. The van der Waals surface area contributed by atoms with Crippen molar-refractivity contribution in [3.05, 3.63) is 29.3 Å². The summed E-state index contributed by atoms with van der Waals surface area (Å²) in [6.07, 6.45) is 0.420. The van der Waals surface area contributed by atoms with Gasteiger partial charge in [0.1, 0.15) is 11.3 Å². The molecule has 0 fully saturated rings. The van der Waals surface area contributed by atoms with Crippen molar-refractivity contribution < 1.29 is 14.6 Å². The number of carbonyl (C=O) groups is 1. The first-order chi connectivity index (χ1) is 8.87. The van der Waals surface area contributed by atoms with Gasteiger partial charge in [-0.25, -0.2) is 0 Å². The van der Waals surface area contributed by atoms with Crippen LogP contribution in [0.3, 0.4) is 0 Å². The van der Waals surface area contributed by atoms with Crippen LogP contribution in [0.2, 0.25) is 0 Å². The van der Waals surface area contributed by atoms with Gasteiger partial charge in [-0.15, -0.1) is 0 Å². The van der Waals surface area contributed by atoms with Gasteiger partial charge in [0.05, 0.1) is 6.61 Å². The second-order valence-corrected chi connectivity index (χ2v) is 5.09. The van der Waals surface area contributed by atoms with Crippen LogP contribution in [-0.2, 0) is 4.79 Å². The summed E-state index contributed by atoms with van der Waals surface area (Å²) in [6.45, 7) is 8.60. The monoisotopic (exact) mass is 265 g/mol. The quantitative estimate of drug-likeness (QED) is 0.795. The molecule has 1 atom stereocenters. The Kier molecular flexibility index (Phi) is 5.36. The lowest BCUT2D eigenvalue weighted by Crippen LogP contribution is -2.50. The molecule has 0 saturated carbocycles. The molecule has 0 aliphatic rings. The molecule has 0 aromatic heterocycles. The molecule has 19 heavy (non-hydrogen) atoms. The highest BCUT2D eigenvalue weighted by atomic mass is 16.5. The fourth-order valence-electron chi connectivity index (χ4n) is 2.05. The third kappa shape index (κ3) is 4.56. The van der Waals surface area contributed by atoms with Crippen molar-refractivity contribution in [1.82, 2.24) is 5.32 Å². The highest BCUT2D eigenvalue weighted by Crippen LogP contribution is 2.18. The van der Waals surface area contributed by atoms with E-state index in [0.29, 0.717) is 19.6 Å². The second kappa shape index (κ2) is 6.57. The number of ether oxygens (including phenoxy) is 1. The van der Waals surface area contributed by atoms with E-state index in [0.717, 1.165) is 16.9 Å². The Hall–Kier alpha value is -1.55. The van der Waals surface area contributed by atoms with E-state index in [1.54, 1.807) is 6.92 Å². The SMILES string of the molecule is CCNC(C)(CCOc1cc(C)cc(C)c1)C(=O)O. The molecule has 1 unspecified atom stereocenters. The topological polar surface area (TPSA) is 58.6 Å². The molecule has 0 radical (unpaired) electrons. The Morgan fingerprint density at radius 1 is 1.32 bits per heavy atom. The van der Waals surface area contributed by atoms with E-state index in [2.05, 4.69) is 11.4 Å². The first-order valence-corrected chi connectivity index (χ1v) is 6.57. The first-order valence-electron chi connectivity index (χ1n) is 6.57. The summed E-state index contributed by atoms with van der Waals surface area (Å²) >= 11 is 0. The van der Waals surface area contributed by atoms with E-state index < -0.39 is 11.5 Å². The number of aliphatic carboxylic acids is 1. The molecule has 1 aromatic carbocycles. The summed E-state index contributed by atoms with van der Waals surface area (Å²) in [7, 11) is 0. The Labute approximate surface area is 114 Å². The molecule has 0 bridgehead atoms. The molecule has 4 heteroatoms. The Bertz CT molecular complexity index is 425. The van der Waals surface area contributed by atoms with Gasteiger partial charge in [-0.3, -0.25) is 4.79 Å². The van der Waals surface area contributed by atoms with Gasteiger partial charge in [0.2, 0.25) is 0 Å². The minimum Gasteiger partial charge on any atom is -0.493 e. The number of aryl methyl sites for hydroxylation is 2. The lowest BCUT2D eigenvalue weighted by Gasteiger charge is -2.25. The van der Waals surface area contributed by atoms with Crippen LogP contribution in [0, 0.1) is 13.8 Å². The van der Waals surface area contributed by atoms with Crippen LogP contribution < -0.4 is 10.1 Å². The van der Waals surface area contributed by atoms with E-state index in [1.807, 2.05) is 32.9 Å².